The first-order valence-electron chi connectivity index (χ1n) is 3.67. The molecule has 1 aliphatic rings. The van der Waals surface area contributed by atoms with Crippen LogP contribution in [0, 0.1) is 5.82 Å². The fraction of sp³-hybridized carbons (Fsp3) is 0.429. The van der Waals surface area contributed by atoms with Crippen LogP contribution in [-0.4, -0.2) is 9.97 Å². The number of halogens is 2. The highest BCUT2D eigenvalue weighted by Crippen LogP contribution is 2.38. The fourth-order valence-electron chi connectivity index (χ4n) is 0.977. The van der Waals surface area contributed by atoms with Crippen LogP contribution < -0.4 is 5.73 Å². The molecular weight excluding hydrogens is 181 g/mol. The maximum absolute atomic E-state index is 12.8. The Labute approximate surface area is 73.8 Å². The normalized spacial score (nSPS) is 16.5. The van der Waals surface area contributed by atoms with Crippen LogP contribution in [0.1, 0.15) is 24.6 Å². The Balaban J connectivity index is 2.45. The Hall–Kier alpha value is -0.900. The van der Waals surface area contributed by atoms with Crippen molar-refractivity contribution in [2.24, 2.45) is 0 Å². The predicted octanol–water partition coefficient (Wildman–Crippen LogP) is 1.73. The lowest BCUT2D eigenvalue weighted by molar-refractivity contribution is 0.615. The minimum atomic E-state index is -0.721. The molecule has 1 aromatic rings. The van der Waals surface area contributed by atoms with Crippen molar-refractivity contribution in [2.75, 3.05) is 5.73 Å². The number of nitrogens with zero attached hydrogens (tertiary/aromatic N) is 2. The van der Waals surface area contributed by atoms with Crippen molar-refractivity contribution in [2.45, 2.75) is 18.8 Å². The number of nitrogens with two attached hydrogens (primary N) is 1. The third kappa shape index (κ3) is 1.22. The van der Waals surface area contributed by atoms with Crippen LogP contribution in [-0.2, 0) is 0 Å². The highest BCUT2D eigenvalue weighted by molar-refractivity contribution is 6.29. The van der Waals surface area contributed by atoms with Gasteiger partial charge in [0, 0.05) is 5.92 Å². The van der Waals surface area contributed by atoms with E-state index in [0.717, 1.165) is 12.8 Å². The maximum Gasteiger partial charge on any atom is 0.202 e. The minimum Gasteiger partial charge on any atom is -0.381 e. The van der Waals surface area contributed by atoms with Gasteiger partial charge in [0.15, 0.2) is 11.0 Å². The van der Waals surface area contributed by atoms with E-state index in [9.17, 15) is 4.39 Å². The van der Waals surface area contributed by atoms with Crippen LogP contribution in [0.2, 0.25) is 5.15 Å². The van der Waals surface area contributed by atoms with Crippen molar-refractivity contribution in [3.63, 3.8) is 0 Å². The molecule has 0 aliphatic heterocycles. The molecule has 0 spiro atoms. The fourth-order valence-corrected chi connectivity index (χ4v) is 1.16. The average Bonchev–Trinajstić information content (AvgIpc) is 2.81. The summed E-state index contributed by atoms with van der Waals surface area (Å²) >= 11 is 5.48. The smallest absolute Gasteiger partial charge is 0.202 e. The first-order chi connectivity index (χ1) is 5.68. The zero-order valence-corrected chi connectivity index (χ0v) is 6.98. The van der Waals surface area contributed by atoms with E-state index >= 15 is 0 Å². The zero-order chi connectivity index (χ0) is 8.72. The van der Waals surface area contributed by atoms with Crippen LogP contribution in [0.5, 0.6) is 0 Å². The molecule has 1 aromatic heterocycles. The molecule has 1 fully saturated rings. The molecule has 0 unspecified atom stereocenters. The van der Waals surface area contributed by atoms with Gasteiger partial charge in [0.25, 0.3) is 0 Å². The first-order valence-corrected chi connectivity index (χ1v) is 4.04. The lowest BCUT2D eigenvalue weighted by atomic mass is 10.4. The molecular formula is C7H7ClFN3. The Bertz CT molecular complexity index is 301. The van der Waals surface area contributed by atoms with E-state index in [4.69, 9.17) is 17.3 Å². The summed E-state index contributed by atoms with van der Waals surface area (Å²) in [6.07, 6.45) is 2.09. The number of rotatable bonds is 1. The van der Waals surface area contributed by atoms with E-state index in [1.54, 1.807) is 0 Å². The molecule has 0 saturated heterocycles. The summed E-state index contributed by atoms with van der Waals surface area (Å²) in [5.74, 6) is 0.0299. The predicted molar refractivity (Wildman–Crippen MR) is 43.4 cm³/mol. The molecule has 64 valence electrons. The lowest BCUT2D eigenvalue weighted by Gasteiger charge is -2.00. The second-order valence-electron chi connectivity index (χ2n) is 2.85. The van der Waals surface area contributed by atoms with E-state index in [2.05, 4.69) is 9.97 Å². The molecule has 0 amide bonds. The topological polar surface area (TPSA) is 51.8 Å². The molecule has 1 saturated carbocycles. The van der Waals surface area contributed by atoms with Gasteiger partial charge in [0.2, 0.25) is 5.82 Å². The molecule has 1 heterocycles. The van der Waals surface area contributed by atoms with Crippen molar-refractivity contribution in [1.29, 1.82) is 0 Å². The number of anilines is 1. The number of aromatic nitrogens is 2. The third-order valence-corrected chi connectivity index (χ3v) is 2.05. The minimum absolute atomic E-state index is 0.156. The molecule has 5 heteroatoms. The highest BCUT2D eigenvalue weighted by atomic mass is 35.5. The van der Waals surface area contributed by atoms with Crippen molar-refractivity contribution in [3.05, 3.63) is 16.8 Å². The number of hydrogen-bond donors (Lipinski definition) is 1. The van der Waals surface area contributed by atoms with Gasteiger partial charge >= 0.3 is 0 Å². The van der Waals surface area contributed by atoms with Gasteiger partial charge in [-0.25, -0.2) is 9.97 Å². The lowest BCUT2D eigenvalue weighted by Crippen LogP contribution is -2.02. The SMILES string of the molecule is Nc1nc(C2CC2)nc(Cl)c1F. The quantitative estimate of drug-likeness (QED) is 0.682. The van der Waals surface area contributed by atoms with Gasteiger partial charge < -0.3 is 5.73 Å². The van der Waals surface area contributed by atoms with Crippen molar-refractivity contribution < 1.29 is 4.39 Å². The molecule has 0 bridgehead atoms. The largest absolute Gasteiger partial charge is 0.381 e. The Morgan fingerprint density at radius 1 is 1.42 bits per heavy atom. The number of hydrogen-bond acceptors (Lipinski definition) is 3. The van der Waals surface area contributed by atoms with Crippen molar-refractivity contribution >= 4 is 17.4 Å². The summed E-state index contributed by atoms with van der Waals surface area (Å²) in [4.78, 5) is 7.60. The Kier molecular flexibility index (Phi) is 1.65. The summed E-state index contributed by atoms with van der Waals surface area (Å²) in [7, 11) is 0. The van der Waals surface area contributed by atoms with Crippen LogP contribution in [0.4, 0.5) is 10.2 Å². The van der Waals surface area contributed by atoms with E-state index in [0.29, 0.717) is 11.7 Å². The van der Waals surface area contributed by atoms with Gasteiger partial charge in [0.05, 0.1) is 0 Å². The highest BCUT2D eigenvalue weighted by Gasteiger charge is 2.28. The molecule has 0 aromatic carbocycles. The molecule has 2 rings (SSSR count). The van der Waals surface area contributed by atoms with Crippen LogP contribution in [0.25, 0.3) is 0 Å². The van der Waals surface area contributed by atoms with E-state index in [-0.39, 0.29) is 11.0 Å². The van der Waals surface area contributed by atoms with Gasteiger partial charge in [-0.1, -0.05) is 11.6 Å². The monoisotopic (exact) mass is 187 g/mol. The molecule has 1 aliphatic carbocycles. The van der Waals surface area contributed by atoms with Gasteiger partial charge in [0.1, 0.15) is 5.82 Å². The van der Waals surface area contributed by atoms with Crippen LogP contribution >= 0.6 is 11.6 Å². The second kappa shape index (κ2) is 2.55. The first kappa shape index (κ1) is 7.73. The number of nitrogen functional groups attached to an aromatic ring is 1. The molecule has 0 atom stereocenters. The maximum atomic E-state index is 12.8. The van der Waals surface area contributed by atoms with Gasteiger partial charge in [-0.3, -0.25) is 0 Å². The summed E-state index contributed by atoms with van der Waals surface area (Å²) in [5, 5.41) is -0.176. The Morgan fingerprint density at radius 2 is 2.08 bits per heavy atom. The van der Waals surface area contributed by atoms with E-state index < -0.39 is 5.82 Å². The third-order valence-electron chi connectivity index (χ3n) is 1.80. The molecule has 2 N–H and O–H groups in total. The average molecular weight is 188 g/mol. The Morgan fingerprint density at radius 3 is 2.58 bits per heavy atom. The summed E-state index contributed by atoms with van der Waals surface area (Å²) in [6.45, 7) is 0. The van der Waals surface area contributed by atoms with E-state index in [1.807, 2.05) is 0 Å². The van der Waals surface area contributed by atoms with Crippen LogP contribution in [0.3, 0.4) is 0 Å². The summed E-state index contributed by atoms with van der Waals surface area (Å²) in [5.41, 5.74) is 5.28. The van der Waals surface area contributed by atoms with Gasteiger partial charge in [-0.05, 0) is 12.8 Å². The van der Waals surface area contributed by atoms with Gasteiger partial charge in [-0.2, -0.15) is 4.39 Å². The molecule has 12 heavy (non-hydrogen) atoms. The molecule has 3 nitrogen and oxygen atoms in total. The summed E-state index contributed by atoms with van der Waals surface area (Å²) < 4.78 is 12.8. The summed E-state index contributed by atoms with van der Waals surface area (Å²) in [6, 6.07) is 0. The van der Waals surface area contributed by atoms with Crippen molar-refractivity contribution in [1.82, 2.24) is 9.97 Å². The zero-order valence-electron chi connectivity index (χ0n) is 6.22. The van der Waals surface area contributed by atoms with Gasteiger partial charge in [-0.15, -0.1) is 0 Å². The second-order valence-corrected chi connectivity index (χ2v) is 3.20. The van der Waals surface area contributed by atoms with Crippen molar-refractivity contribution in [3.8, 4) is 0 Å². The molecule has 0 radical (unpaired) electrons. The standard InChI is InChI=1S/C7H7ClFN3/c8-5-4(9)6(10)12-7(11-5)3-1-2-3/h3H,1-2H2,(H2,10,11,12). The van der Waals surface area contributed by atoms with Crippen LogP contribution in [0.15, 0.2) is 0 Å². The van der Waals surface area contributed by atoms with E-state index in [1.165, 1.54) is 0 Å².